The predicted molar refractivity (Wildman–Crippen MR) is 177 cm³/mol. The van der Waals surface area contributed by atoms with Crippen LogP contribution in [0.5, 0.6) is 11.5 Å². The molecular formula is C36H44N5O4+. The average Bonchev–Trinajstić information content (AvgIpc) is 3.48. The molecule has 0 saturated heterocycles. The van der Waals surface area contributed by atoms with Crippen LogP contribution in [0.25, 0.3) is 11.1 Å². The number of benzene rings is 3. The van der Waals surface area contributed by atoms with Crippen LogP contribution in [-0.2, 0) is 11.3 Å². The molecule has 0 fully saturated rings. The number of nitrogens with one attached hydrogen (secondary N) is 1. The third kappa shape index (κ3) is 8.10. The van der Waals surface area contributed by atoms with E-state index in [9.17, 15) is 9.59 Å². The molecule has 2 amide bonds. The van der Waals surface area contributed by atoms with Gasteiger partial charge in [0.1, 0.15) is 12.4 Å². The number of ether oxygens (including phenoxy) is 2. The second-order valence-electron chi connectivity index (χ2n) is 12.6. The van der Waals surface area contributed by atoms with E-state index in [0.717, 1.165) is 44.7 Å². The average molecular weight is 611 g/mol. The molecule has 1 aliphatic rings. The quantitative estimate of drug-likeness (QED) is 0.175. The molecule has 0 atom stereocenters. The van der Waals surface area contributed by atoms with Crippen molar-refractivity contribution in [2.75, 3.05) is 58.9 Å². The Hall–Kier alpha value is -4.63. The Morgan fingerprint density at radius 1 is 1.04 bits per heavy atom. The summed E-state index contributed by atoms with van der Waals surface area (Å²) in [4.78, 5) is 27.8. The van der Waals surface area contributed by atoms with Gasteiger partial charge in [-0.25, -0.2) is 0 Å². The molecule has 5 rings (SSSR count). The van der Waals surface area contributed by atoms with Crippen LogP contribution < -0.4 is 19.7 Å². The normalized spacial score (nSPS) is 12.8. The SMILES string of the molecule is Cc1cccc(OCCCC(=O)N2CCOc3c(-c4cnn(Cc5cccc(C(=O)NCC[N+](C)(C)C)c5)c4)cccc32)c1C. The number of para-hydroxylation sites is 1. The molecule has 1 aliphatic heterocycles. The summed E-state index contributed by atoms with van der Waals surface area (Å²) in [6.07, 6.45) is 4.80. The second-order valence-corrected chi connectivity index (χ2v) is 12.6. The van der Waals surface area contributed by atoms with Crippen LogP contribution in [0.15, 0.2) is 73.1 Å². The zero-order valence-electron chi connectivity index (χ0n) is 27.0. The first-order chi connectivity index (χ1) is 21.6. The second kappa shape index (κ2) is 14.0. The number of amides is 2. The van der Waals surface area contributed by atoms with Crippen LogP contribution in [0.3, 0.4) is 0 Å². The van der Waals surface area contributed by atoms with Crippen molar-refractivity contribution in [1.29, 1.82) is 0 Å². The molecule has 0 saturated carbocycles. The van der Waals surface area contributed by atoms with Crippen LogP contribution in [0.1, 0.15) is 39.9 Å². The number of carbonyl (C=O) groups excluding carboxylic acids is 2. The molecule has 236 valence electrons. The Morgan fingerprint density at radius 2 is 1.84 bits per heavy atom. The fourth-order valence-corrected chi connectivity index (χ4v) is 5.35. The highest BCUT2D eigenvalue weighted by Gasteiger charge is 2.26. The number of aromatic nitrogens is 2. The molecule has 2 heterocycles. The minimum Gasteiger partial charge on any atom is -0.493 e. The van der Waals surface area contributed by atoms with E-state index < -0.39 is 0 Å². The number of quaternary nitrogens is 1. The summed E-state index contributed by atoms with van der Waals surface area (Å²) in [5.41, 5.74) is 6.49. The summed E-state index contributed by atoms with van der Waals surface area (Å²) in [6, 6.07) is 19.5. The number of nitrogens with zero attached hydrogens (tertiary/aromatic N) is 4. The Bertz CT molecular complexity index is 1660. The molecule has 0 radical (unpaired) electrons. The third-order valence-electron chi connectivity index (χ3n) is 8.04. The van der Waals surface area contributed by atoms with Crippen molar-refractivity contribution in [2.24, 2.45) is 0 Å². The molecule has 45 heavy (non-hydrogen) atoms. The molecule has 0 aliphatic carbocycles. The van der Waals surface area contributed by atoms with Crippen molar-refractivity contribution in [3.63, 3.8) is 0 Å². The fourth-order valence-electron chi connectivity index (χ4n) is 5.35. The molecule has 3 aromatic carbocycles. The monoisotopic (exact) mass is 610 g/mol. The fraction of sp³-hybridized carbons (Fsp3) is 0.361. The maximum absolute atomic E-state index is 13.3. The van der Waals surface area contributed by atoms with Gasteiger partial charge in [0.15, 0.2) is 5.75 Å². The number of hydrogen-bond donors (Lipinski definition) is 1. The molecule has 0 bridgehead atoms. The van der Waals surface area contributed by atoms with E-state index in [1.165, 1.54) is 5.56 Å². The zero-order valence-corrected chi connectivity index (χ0v) is 27.0. The number of rotatable bonds is 12. The van der Waals surface area contributed by atoms with Crippen molar-refractivity contribution in [3.05, 3.63) is 95.3 Å². The molecule has 4 aromatic rings. The minimum absolute atomic E-state index is 0.0540. The number of carbonyl (C=O) groups is 2. The first-order valence-electron chi connectivity index (χ1n) is 15.5. The van der Waals surface area contributed by atoms with Gasteiger partial charge < -0.3 is 24.2 Å². The summed E-state index contributed by atoms with van der Waals surface area (Å²) >= 11 is 0. The van der Waals surface area contributed by atoms with E-state index in [2.05, 4.69) is 51.5 Å². The summed E-state index contributed by atoms with van der Waals surface area (Å²) in [7, 11) is 6.30. The van der Waals surface area contributed by atoms with Gasteiger partial charge in [-0.2, -0.15) is 5.10 Å². The minimum atomic E-state index is -0.0764. The predicted octanol–water partition coefficient (Wildman–Crippen LogP) is 5.24. The molecular weight excluding hydrogens is 566 g/mol. The number of fused-ring (bicyclic) bond motifs is 1. The van der Waals surface area contributed by atoms with Crippen LogP contribution >= 0.6 is 0 Å². The summed E-state index contributed by atoms with van der Waals surface area (Å²) < 4.78 is 14.7. The van der Waals surface area contributed by atoms with Gasteiger partial charge in [-0.3, -0.25) is 14.3 Å². The number of likely N-dealkylation sites (N-methyl/N-ethyl adjacent to an activating group) is 1. The maximum Gasteiger partial charge on any atom is 0.251 e. The Labute approximate surface area is 266 Å². The van der Waals surface area contributed by atoms with E-state index in [0.29, 0.717) is 57.0 Å². The largest absolute Gasteiger partial charge is 0.493 e. The number of hydrogen-bond acceptors (Lipinski definition) is 5. The lowest BCUT2D eigenvalue weighted by Crippen LogP contribution is -2.41. The van der Waals surface area contributed by atoms with Crippen molar-refractivity contribution in [2.45, 2.75) is 33.2 Å². The Kier molecular flexibility index (Phi) is 9.88. The first-order valence-corrected chi connectivity index (χ1v) is 15.5. The van der Waals surface area contributed by atoms with Crippen molar-refractivity contribution < 1.29 is 23.5 Å². The van der Waals surface area contributed by atoms with Crippen molar-refractivity contribution in [1.82, 2.24) is 15.1 Å². The zero-order chi connectivity index (χ0) is 32.0. The molecule has 9 nitrogen and oxygen atoms in total. The van der Waals surface area contributed by atoms with Crippen molar-refractivity contribution >= 4 is 17.5 Å². The maximum atomic E-state index is 13.3. The van der Waals surface area contributed by atoms with E-state index >= 15 is 0 Å². The van der Waals surface area contributed by atoms with Gasteiger partial charge in [0, 0.05) is 29.3 Å². The van der Waals surface area contributed by atoms with E-state index in [4.69, 9.17) is 9.47 Å². The van der Waals surface area contributed by atoms with Crippen LogP contribution in [0, 0.1) is 13.8 Å². The summed E-state index contributed by atoms with van der Waals surface area (Å²) in [6.45, 7) is 7.51. The lowest BCUT2D eigenvalue weighted by atomic mass is 10.1. The molecule has 9 heteroatoms. The van der Waals surface area contributed by atoms with Gasteiger partial charge in [0.05, 0.1) is 65.8 Å². The summed E-state index contributed by atoms with van der Waals surface area (Å²) in [5.74, 6) is 1.54. The van der Waals surface area contributed by atoms with E-state index in [1.807, 2.05) is 76.6 Å². The number of aryl methyl sites for hydroxylation is 1. The molecule has 0 spiro atoms. The van der Waals surface area contributed by atoms with E-state index in [-0.39, 0.29) is 11.8 Å². The summed E-state index contributed by atoms with van der Waals surface area (Å²) in [5, 5.41) is 7.60. The number of anilines is 1. The molecule has 1 N–H and O–H groups in total. The highest BCUT2D eigenvalue weighted by Crippen LogP contribution is 2.40. The smallest absolute Gasteiger partial charge is 0.251 e. The van der Waals surface area contributed by atoms with Gasteiger partial charge in [-0.15, -0.1) is 0 Å². The lowest BCUT2D eigenvalue weighted by molar-refractivity contribution is -0.869. The van der Waals surface area contributed by atoms with Gasteiger partial charge in [0.25, 0.3) is 5.91 Å². The first kappa shape index (κ1) is 31.8. The van der Waals surface area contributed by atoms with Gasteiger partial charge in [-0.05, 0) is 61.2 Å². The van der Waals surface area contributed by atoms with Gasteiger partial charge in [-0.1, -0.05) is 36.4 Å². The van der Waals surface area contributed by atoms with E-state index in [1.54, 1.807) is 0 Å². The highest BCUT2D eigenvalue weighted by molar-refractivity contribution is 5.97. The Morgan fingerprint density at radius 3 is 2.67 bits per heavy atom. The standard InChI is InChI=1S/C36H43N5O4/c1-26-10-6-15-33(27(26)2)44-20-9-16-34(42)40-18-21-45-35-31(13-8-14-32(35)40)30-23-38-39(25-30)24-28-11-7-12-29(22-28)36(43)37-17-19-41(3,4)5/h6-8,10-15,22-23,25H,9,16-21,24H2,1-5H3/p+1. The topological polar surface area (TPSA) is 85.7 Å². The van der Waals surface area contributed by atoms with Gasteiger partial charge >= 0.3 is 0 Å². The molecule has 0 unspecified atom stereocenters. The van der Waals surface area contributed by atoms with Crippen LogP contribution in [0.4, 0.5) is 5.69 Å². The van der Waals surface area contributed by atoms with Crippen molar-refractivity contribution in [3.8, 4) is 22.6 Å². The molecule has 1 aromatic heterocycles. The van der Waals surface area contributed by atoms with Crippen LogP contribution in [0.2, 0.25) is 0 Å². The third-order valence-corrected chi connectivity index (χ3v) is 8.04. The highest BCUT2D eigenvalue weighted by atomic mass is 16.5. The lowest BCUT2D eigenvalue weighted by Gasteiger charge is -2.31. The van der Waals surface area contributed by atoms with Crippen LogP contribution in [-0.4, -0.2) is 80.1 Å². The Balaban J connectivity index is 1.22. The van der Waals surface area contributed by atoms with Gasteiger partial charge in [0.2, 0.25) is 5.91 Å².